The number of anilines is 1. The summed E-state index contributed by atoms with van der Waals surface area (Å²) >= 11 is 11.3. The number of nitrogens with one attached hydrogen (secondary N) is 2. The molecule has 0 unspecified atom stereocenters. The third kappa shape index (κ3) is 3.96. The summed E-state index contributed by atoms with van der Waals surface area (Å²) in [5.74, 6) is 0.364. The van der Waals surface area contributed by atoms with Gasteiger partial charge in [-0.15, -0.1) is 0 Å². The summed E-state index contributed by atoms with van der Waals surface area (Å²) in [7, 11) is 2.97. The van der Waals surface area contributed by atoms with Gasteiger partial charge in [0.1, 0.15) is 17.1 Å². The van der Waals surface area contributed by atoms with Crippen LogP contribution < -0.4 is 20.1 Å². The lowest BCUT2D eigenvalue weighted by Crippen LogP contribution is -2.34. The molecule has 0 heterocycles. The molecular weight excluding hydrogens is 348 g/mol. The van der Waals surface area contributed by atoms with Crippen LogP contribution in [0.4, 0.5) is 5.69 Å². The first-order valence-corrected chi connectivity index (χ1v) is 7.85. The summed E-state index contributed by atoms with van der Waals surface area (Å²) < 4.78 is 10.4. The highest BCUT2D eigenvalue weighted by Gasteiger charge is 2.19. The second kappa shape index (κ2) is 7.99. The van der Waals surface area contributed by atoms with E-state index in [0.717, 1.165) is 11.3 Å². The molecule has 0 aromatic heterocycles. The summed E-state index contributed by atoms with van der Waals surface area (Å²) in [6.07, 6.45) is 0. The molecule has 0 saturated carbocycles. The Morgan fingerprint density at radius 3 is 2.25 bits per heavy atom. The fraction of sp³-hybridized carbons (Fsp3) is 0.176. The number of methoxy groups -OCH3 is 2. The minimum Gasteiger partial charge on any atom is -0.496 e. The number of hydrogen-bond donors (Lipinski definition) is 2. The van der Waals surface area contributed by atoms with E-state index >= 15 is 0 Å². The average Bonchev–Trinajstić information content (AvgIpc) is 2.57. The second-order valence-electron chi connectivity index (χ2n) is 4.86. The minimum atomic E-state index is -0.429. The van der Waals surface area contributed by atoms with Gasteiger partial charge in [0.25, 0.3) is 5.91 Å². The first-order valence-electron chi connectivity index (χ1n) is 7.06. The van der Waals surface area contributed by atoms with Crippen LogP contribution in [0.3, 0.4) is 0 Å². The van der Waals surface area contributed by atoms with E-state index in [1.54, 1.807) is 30.3 Å². The molecule has 2 N–H and O–H groups in total. The molecule has 0 aliphatic heterocycles. The number of hydrogen-bond acceptors (Lipinski definition) is 4. The van der Waals surface area contributed by atoms with Crippen molar-refractivity contribution in [3.8, 4) is 11.5 Å². The average molecular weight is 365 g/mol. The largest absolute Gasteiger partial charge is 0.496 e. The Balaban J connectivity index is 2.18. The number of thiocarbonyl (C=S) groups is 1. The molecule has 2 rings (SSSR count). The Morgan fingerprint density at radius 2 is 1.67 bits per heavy atom. The molecule has 5 nitrogen and oxygen atoms in total. The van der Waals surface area contributed by atoms with Crippen molar-refractivity contribution < 1.29 is 14.3 Å². The quantitative estimate of drug-likeness (QED) is 0.808. The third-order valence-electron chi connectivity index (χ3n) is 3.40. The van der Waals surface area contributed by atoms with Crippen LogP contribution in [0.2, 0.25) is 5.02 Å². The van der Waals surface area contributed by atoms with Crippen molar-refractivity contribution >= 4 is 40.5 Å². The fourth-order valence-corrected chi connectivity index (χ4v) is 2.51. The number of rotatable bonds is 4. The summed E-state index contributed by atoms with van der Waals surface area (Å²) in [4.78, 5) is 12.5. The lowest BCUT2D eigenvalue weighted by atomic mass is 10.1. The highest BCUT2D eigenvalue weighted by atomic mass is 35.5. The van der Waals surface area contributed by atoms with E-state index in [0.29, 0.717) is 16.5 Å². The van der Waals surface area contributed by atoms with E-state index in [4.69, 9.17) is 33.3 Å². The van der Waals surface area contributed by atoms with Gasteiger partial charge in [0, 0.05) is 10.7 Å². The van der Waals surface area contributed by atoms with Crippen molar-refractivity contribution in [2.45, 2.75) is 6.92 Å². The van der Waals surface area contributed by atoms with Crippen molar-refractivity contribution in [2.75, 3.05) is 19.5 Å². The number of carbonyl (C=O) groups is 1. The summed E-state index contributed by atoms with van der Waals surface area (Å²) in [6.45, 7) is 1.86. The van der Waals surface area contributed by atoms with Gasteiger partial charge in [-0.3, -0.25) is 10.1 Å². The predicted octanol–water partition coefficient (Wildman–Crippen LogP) is 3.79. The van der Waals surface area contributed by atoms with Gasteiger partial charge >= 0.3 is 0 Å². The van der Waals surface area contributed by atoms with Crippen molar-refractivity contribution in [3.63, 3.8) is 0 Å². The molecule has 0 spiro atoms. The molecule has 0 radical (unpaired) electrons. The van der Waals surface area contributed by atoms with Gasteiger partial charge in [-0.2, -0.15) is 0 Å². The highest BCUT2D eigenvalue weighted by molar-refractivity contribution is 7.80. The molecule has 126 valence electrons. The molecule has 1 amide bonds. The lowest BCUT2D eigenvalue weighted by molar-refractivity contribution is 0.0971. The Kier molecular flexibility index (Phi) is 6.00. The molecule has 24 heavy (non-hydrogen) atoms. The highest BCUT2D eigenvalue weighted by Crippen LogP contribution is 2.28. The van der Waals surface area contributed by atoms with E-state index in [-0.39, 0.29) is 10.7 Å². The zero-order valence-corrected chi connectivity index (χ0v) is 15.0. The molecule has 2 aromatic carbocycles. The maximum atomic E-state index is 12.5. The predicted molar refractivity (Wildman–Crippen MR) is 99.4 cm³/mol. The molecule has 7 heteroatoms. The van der Waals surface area contributed by atoms with Crippen LogP contribution in [0, 0.1) is 6.92 Å². The Labute approximate surface area is 150 Å². The SMILES string of the molecule is COc1cccc(OC)c1C(=O)NC(=S)Nc1cccc(Cl)c1C. The van der Waals surface area contributed by atoms with Gasteiger partial charge in [0.2, 0.25) is 0 Å². The zero-order valence-electron chi connectivity index (χ0n) is 13.5. The van der Waals surface area contributed by atoms with Gasteiger partial charge in [-0.25, -0.2) is 0 Å². The maximum absolute atomic E-state index is 12.5. The first kappa shape index (κ1) is 18.0. The van der Waals surface area contributed by atoms with Crippen molar-refractivity contribution in [1.82, 2.24) is 5.32 Å². The summed E-state index contributed by atoms with van der Waals surface area (Å²) in [6, 6.07) is 10.5. The molecule has 0 bridgehead atoms. The van der Waals surface area contributed by atoms with Crippen LogP contribution in [-0.2, 0) is 0 Å². The minimum absolute atomic E-state index is 0.151. The van der Waals surface area contributed by atoms with Crippen LogP contribution in [-0.4, -0.2) is 25.2 Å². The van der Waals surface area contributed by atoms with Crippen LogP contribution >= 0.6 is 23.8 Å². The standard InChI is InChI=1S/C17H17ClN2O3S/c1-10-11(18)6-4-7-12(10)19-17(24)20-16(21)15-13(22-2)8-5-9-14(15)23-3/h4-9H,1-3H3,(H2,19,20,21,24). The van der Waals surface area contributed by atoms with Crippen LogP contribution in [0.5, 0.6) is 11.5 Å². The molecular formula is C17H17ClN2O3S. The number of benzene rings is 2. The van der Waals surface area contributed by atoms with Crippen molar-refractivity contribution in [3.05, 3.63) is 52.5 Å². The first-order chi connectivity index (χ1) is 11.5. The molecule has 0 aliphatic carbocycles. The molecule has 0 aliphatic rings. The maximum Gasteiger partial charge on any atom is 0.264 e. The molecule has 0 fully saturated rings. The van der Waals surface area contributed by atoms with E-state index < -0.39 is 5.91 Å². The van der Waals surface area contributed by atoms with E-state index in [1.165, 1.54) is 14.2 Å². The van der Waals surface area contributed by atoms with Gasteiger partial charge in [0.05, 0.1) is 14.2 Å². The van der Waals surface area contributed by atoms with Crippen LogP contribution in [0.25, 0.3) is 0 Å². The third-order valence-corrected chi connectivity index (χ3v) is 4.01. The fourth-order valence-electron chi connectivity index (χ4n) is 2.14. The number of amides is 1. The Bertz CT molecular complexity index is 758. The van der Waals surface area contributed by atoms with E-state index in [9.17, 15) is 4.79 Å². The van der Waals surface area contributed by atoms with Gasteiger partial charge in [0.15, 0.2) is 5.11 Å². The van der Waals surface area contributed by atoms with Crippen LogP contribution in [0.15, 0.2) is 36.4 Å². The number of halogens is 1. The number of carbonyl (C=O) groups excluding carboxylic acids is 1. The van der Waals surface area contributed by atoms with Crippen molar-refractivity contribution in [1.29, 1.82) is 0 Å². The molecule has 0 atom stereocenters. The summed E-state index contributed by atoms with van der Waals surface area (Å²) in [5.41, 5.74) is 1.83. The van der Waals surface area contributed by atoms with Gasteiger partial charge in [-0.05, 0) is 49.0 Å². The summed E-state index contributed by atoms with van der Waals surface area (Å²) in [5, 5.41) is 6.34. The van der Waals surface area contributed by atoms with E-state index in [1.807, 2.05) is 13.0 Å². The smallest absolute Gasteiger partial charge is 0.264 e. The zero-order chi connectivity index (χ0) is 17.7. The Hall–Kier alpha value is -2.31. The molecule has 2 aromatic rings. The van der Waals surface area contributed by atoms with Gasteiger partial charge < -0.3 is 14.8 Å². The normalized spacial score (nSPS) is 10.0. The van der Waals surface area contributed by atoms with Crippen molar-refractivity contribution in [2.24, 2.45) is 0 Å². The number of ether oxygens (including phenoxy) is 2. The topological polar surface area (TPSA) is 59.6 Å². The molecule has 0 saturated heterocycles. The van der Waals surface area contributed by atoms with Gasteiger partial charge in [-0.1, -0.05) is 23.7 Å². The second-order valence-corrected chi connectivity index (χ2v) is 5.67. The monoisotopic (exact) mass is 364 g/mol. The Morgan fingerprint density at radius 1 is 1.08 bits per heavy atom. The lowest BCUT2D eigenvalue weighted by Gasteiger charge is -2.15. The van der Waals surface area contributed by atoms with Crippen LogP contribution in [0.1, 0.15) is 15.9 Å². The van der Waals surface area contributed by atoms with E-state index in [2.05, 4.69) is 10.6 Å².